The summed E-state index contributed by atoms with van der Waals surface area (Å²) in [6.45, 7) is 4.21. The number of imidazole rings is 1. The molecule has 0 aliphatic heterocycles. The molecule has 3 rings (SSSR count). The van der Waals surface area contributed by atoms with E-state index in [0.717, 1.165) is 12.5 Å². The predicted octanol–water partition coefficient (Wildman–Crippen LogP) is 4.85. The first kappa shape index (κ1) is 24.7. The van der Waals surface area contributed by atoms with Gasteiger partial charge in [-0.2, -0.15) is 0 Å². The quantitative estimate of drug-likeness (QED) is 0.568. The van der Waals surface area contributed by atoms with Gasteiger partial charge < -0.3 is 14.6 Å². The lowest BCUT2D eigenvalue weighted by Crippen LogP contribution is -2.29. The van der Waals surface area contributed by atoms with E-state index in [9.17, 15) is 22.4 Å². The smallest absolute Gasteiger partial charge is 0.484 e. The number of allylic oxidation sites excluding steroid dienone is 1. The molecule has 170 valence electrons. The van der Waals surface area contributed by atoms with Gasteiger partial charge in [0.25, 0.3) is 5.91 Å². The number of carbonyl (C=O) groups excluding carboxylic acids is 1. The molecule has 2 aromatic rings. The number of nitrogens with zero attached hydrogens (tertiary/aromatic N) is 2. The number of nitrogens with one attached hydrogen (secondary N) is 1. The maximum absolute atomic E-state index is 13.2. The van der Waals surface area contributed by atoms with E-state index in [1.807, 2.05) is 10.8 Å². The second-order valence-electron chi connectivity index (χ2n) is 6.68. The summed E-state index contributed by atoms with van der Waals surface area (Å²) in [6.07, 6.45) is 2.77. The zero-order valence-electron chi connectivity index (χ0n) is 16.5. The average molecular weight is 464 g/mol. The Bertz CT molecular complexity index is 856. The maximum Gasteiger partial charge on any atom is 0.522 e. The number of hydrogen-bond donors (Lipinski definition) is 1. The van der Waals surface area contributed by atoms with Crippen molar-refractivity contribution in [3.63, 3.8) is 0 Å². The Balaban J connectivity index is 0.000000316. The van der Waals surface area contributed by atoms with Crippen LogP contribution in [0.3, 0.4) is 0 Å². The average Bonchev–Trinajstić information content (AvgIpc) is 3.18. The molecule has 1 saturated carbocycles. The predicted molar refractivity (Wildman–Crippen MR) is 106 cm³/mol. The molecule has 1 N–H and O–H groups in total. The molecule has 6 nitrogen and oxygen atoms in total. The van der Waals surface area contributed by atoms with E-state index in [-0.39, 0.29) is 23.3 Å². The number of aryl methyl sites for hydroxylation is 1. The minimum Gasteiger partial charge on any atom is -0.484 e. The number of amides is 1. The third-order valence-corrected chi connectivity index (χ3v) is 4.47. The molecule has 11 heteroatoms. The van der Waals surface area contributed by atoms with Gasteiger partial charge in [-0.1, -0.05) is 18.2 Å². The molecule has 1 aromatic heterocycles. The molecular weight excluding hydrogens is 442 g/mol. The summed E-state index contributed by atoms with van der Waals surface area (Å²) >= 11 is 5.56. The van der Waals surface area contributed by atoms with Crippen molar-refractivity contribution in [3.8, 4) is 5.75 Å². The molecular formula is C20H22ClF4N3O3. The third kappa shape index (κ3) is 9.84. The van der Waals surface area contributed by atoms with Crippen LogP contribution in [0.5, 0.6) is 5.75 Å². The van der Waals surface area contributed by atoms with Gasteiger partial charge in [-0.3, -0.25) is 9.53 Å². The second-order valence-corrected chi connectivity index (χ2v) is 7.09. The molecule has 0 atom stereocenters. The van der Waals surface area contributed by atoms with Crippen molar-refractivity contribution < 1.29 is 31.8 Å². The van der Waals surface area contributed by atoms with Crippen LogP contribution in [0.4, 0.5) is 17.6 Å². The van der Waals surface area contributed by atoms with Crippen molar-refractivity contribution in [2.75, 3.05) is 6.61 Å². The number of halogens is 5. The first-order chi connectivity index (χ1) is 14.6. The summed E-state index contributed by atoms with van der Waals surface area (Å²) in [6, 6.07) is 3.99. The molecule has 1 amide bonds. The number of ether oxygens (including phenoxy) is 2. The minimum absolute atomic E-state index is 0.00433. The van der Waals surface area contributed by atoms with E-state index in [1.54, 1.807) is 12.5 Å². The van der Waals surface area contributed by atoms with Gasteiger partial charge in [-0.15, -0.1) is 13.2 Å². The van der Waals surface area contributed by atoms with Crippen molar-refractivity contribution >= 4 is 17.5 Å². The van der Waals surface area contributed by atoms with Gasteiger partial charge >= 0.3 is 6.36 Å². The highest BCUT2D eigenvalue weighted by Crippen LogP contribution is 2.29. The first-order valence-corrected chi connectivity index (χ1v) is 9.76. The third-order valence-electron chi connectivity index (χ3n) is 4.16. The molecule has 1 heterocycles. The van der Waals surface area contributed by atoms with Crippen LogP contribution in [0, 0.1) is 5.82 Å². The molecule has 0 saturated heterocycles. The van der Waals surface area contributed by atoms with Crippen LogP contribution < -0.4 is 10.1 Å². The lowest BCUT2D eigenvalue weighted by Gasteiger charge is -2.25. The Hall–Kier alpha value is -2.59. The summed E-state index contributed by atoms with van der Waals surface area (Å²) in [7, 11) is 0. The van der Waals surface area contributed by atoms with Gasteiger partial charge in [0, 0.05) is 37.1 Å². The fourth-order valence-corrected chi connectivity index (χ4v) is 2.49. The van der Waals surface area contributed by atoms with Crippen LogP contribution in [0.25, 0.3) is 0 Å². The summed E-state index contributed by atoms with van der Waals surface area (Å²) in [5.74, 6) is -0.712. The van der Waals surface area contributed by atoms with E-state index in [1.165, 1.54) is 12.1 Å². The highest BCUT2D eigenvalue weighted by Gasteiger charge is 2.35. The van der Waals surface area contributed by atoms with E-state index < -0.39 is 18.3 Å². The molecule has 0 bridgehead atoms. The highest BCUT2D eigenvalue weighted by atomic mass is 35.5. The van der Waals surface area contributed by atoms with Crippen LogP contribution in [-0.2, 0) is 16.1 Å². The Labute approximate surface area is 181 Å². The van der Waals surface area contributed by atoms with Gasteiger partial charge in [0.2, 0.25) is 0 Å². The molecule has 1 aliphatic rings. The van der Waals surface area contributed by atoms with E-state index in [2.05, 4.69) is 21.6 Å². The minimum atomic E-state index is -4.43. The van der Waals surface area contributed by atoms with Gasteiger partial charge in [0.15, 0.2) is 6.61 Å². The van der Waals surface area contributed by atoms with Crippen molar-refractivity contribution in [1.82, 2.24) is 14.9 Å². The Kier molecular flexibility index (Phi) is 9.32. The molecule has 0 radical (unpaired) electrons. The van der Waals surface area contributed by atoms with Crippen molar-refractivity contribution in [1.29, 1.82) is 0 Å². The number of aromatic nitrogens is 2. The first-order valence-electron chi connectivity index (χ1n) is 9.38. The van der Waals surface area contributed by atoms with Crippen LogP contribution in [-0.4, -0.2) is 34.5 Å². The van der Waals surface area contributed by atoms with E-state index >= 15 is 0 Å². The van der Waals surface area contributed by atoms with Gasteiger partial charge in [-0.25, -0.2) is 9.37 Å². The highest BCUT2D eigenvalue weighted by molar-refractivity contribution is 6.30. The molecule has 1 fully saturated rings. The molecule has 31 heavy (non-hydrogen) atoms. The number of rotatable bonds is 8. The largest absolute Gasteiger partial charge is 0.522 e. The standard InChI is InChI=1S/C15H15ClFN3O2.C5H7F3O/c1-11(4-6-20-7-5-18-10-20)19-15(21)9-22-12-2-3-13(16)14(17)8-12;6-5(7,8)9-4-2-1-3-4/h2-3,5,7-8,10H,1,4,6,9H2,(H,19,21);4H,1-3H2. The topological polar surface area (TPSA) is 65.4 Å². The summed E-state index contributed by atoms with van der Waals surface area (Å²) in [5.41, 5.74) is 0.574. The molecule has 0 spiro atoms. The SMILES string of the molecule is C=C(CCn1ccnc1)NC(=O)COc1ccc(Cl)c(F)c1.FC(F)(F)OC1CCC1. The van der Waals surface area contributed by atoms with Gasteiger partial charge in [0.1, 0.15) is 11.6 Å². The zero-order chi connectivity index (χ0) is 22.9. The Morgan fingerprint density at radius 3 is 2.61 bits per heavy atom. The fourth-order valence-electron chi connectivity index (χ4n) is 2.37. The van der Waals surface area contributed by atoms with Crippen molar-refractivity contribution in [2.45, 2.75) is 44.7 Å². The number of carbonyl (C=O) groups is 1. The maximum atomic E-state index is 13.2. The zero-order valence-corrected chi connectivity index (χ0v) is 17.3. The number of benzene rings is 1. The lowest BCUT2D eigenvalue weighted by atomic mass is 9.96. The summed E-state index contributed by atoms with van der Waals surface area (Å²) < 4.78 is 57.9. The van der Waals surface area contributed by atoms with Crippen molar-refractivity contribution in [2.24, 2.45) is 0 Å². The molecule has 1 aromatic carbocycles. The van der Waals surface area contributed by atoms with Crippen molar-refractivity contribution in [3.05, 3.63) is 60.0 Å². The molecule has 0 unspecified atom stereocenters. The summed E-state index contributed by atoms with van der Waals surface area (Å²) in [4.78, 5) is 15.6. The van der Waals surface area contributed by atoms with Crippen LogP contribution in [0.2, 0.25) is 5.02 Å². The van der Waals surface area contributed by atoms with Gasteiger partial charge in [0.05, 0.1) is 17.5 Å². The van der Waals surface area contributed by atoms with Crippen LogP contribution in [0.15, 0.2) is 49.2 Å². The Morgan fingerprint density at radius 1 is 1.35 bits per heavy atom. The van der Waals surface area contributed by atoms with Crippen LogP contribution in [0.1, 0.15) is 25.7 Å². The number of alkyl halides is 3. The monoisotopic (exact) mass is 463 g/mol. The molecule has 1 aliphatic carbocycles. The normalized spacial score (nSPS) is 13.6. The second kappa shape index (κ2) is 11.7. The number of hydrogen-bond acceptors (Lipinski definition) is 4. The fraction of sp³-hybridized carbons (Fsp3) is 0.400. The lowest BCUT2D eigenvalue weighted by molar-refractivity contribution is -0.350. The van der Waals surface area contributed by atoms with E-state index in [0.29, 0.717) is 31.5 Å². The Morgan fingerprint density at radius 2 is 2.10 bits per heavy atom. The van der Waals surface area contributed by atoms with Gasteiger partial charge in [-0.05, 0) is 31.4 Å². The van der Waals surface area contributed by atoms with E-state index in [4.69, 9.17) is 16.3 Å². The van der Waals surface area contributed by atoms with Crippen LogP contribution >= 0.6 is 11.6 Å². The summed E-state index contributed by atoms with van der Waals surface area (Å²) in [5, 5.41) is 2.63.